The van der Waals surface area contributed by atoms with Crippen LogP contribution < -0.4 is 4.90 Å². The number of methoxy groups -OCH3 is 1. The molecule has 4 nitrogen and oxygen atoms in total. The van der Waals surface area contributed by atoms with E-state index in [-0.39, 0.29) is 23.1 Å². The second-order valence-electron chi connectivity index (χ2n) is 4.36. The van der Waals surface area contributed by atoms with E-state index in [1.54, 1.807) is 6.08 Å². The molecule has 1 heterocycles. The highest BCUT2D eigenvalue weighted by atomic mass is 19.1. The van der Waals surface area contributed by atoms with Crippen molar-refractivity contribution in [1.82, 2.24) is 0 Å². The highest BCUT2D eigenvalue weighted by molar-refractivity contribution is 5.97. The lowest BCUT2D eigenvalue weighted by Crippen LogP contribution is -2.25. The van der Waals surface area contributed by atoms with Crippen molar-refractivity contribution in [2.45, 2.75) is 6.42 Å². The van der Waals surface area contributed by atoms with Gasteiger partial charge in [-0.05, 0) is 18.2 Å². The lowest BCUT2D eigenvalue weighted by atomic mass is 10.1. The van der Waals surface area contributed by atoms with E-state index >= 15 is 0 Å². The van der Waals surface area contributed by atoms with Crippen molar-refractivity contribution in [2.75, 3.05) is 18.6 Å². The Morgan fingerprint density at radius 2 is 2.32 bits per heavy atom. The van der Waals surface area contributed by atoms with E-state index in [0.717, 1.165) is 6.07 Å². The van der Waals surface area contributed by atoms with E-state index in [9.17, 15) is 14.0 Å². The largest absolute Gasteiger partial charge is 0.465 e. The molecule has 1 aromatic carbocycles. The molecular formula is C14H14FNO3. The summed E-state index contributed by atoms with van der Waals surface area (Å²) >= 11 is 0. The van der Waals surface area contributed by atoms with Gasteiger partial charge in [-0.2, -0.15) is 0 Å². The van der Waals surface area contributed by atoms with Crippen LogP contribution in [0.15, 0.2) is 30.9 Å². The predicted octanol–water partition coefficient (Wildman–Crippen LogP) is 2.15. The summed E-state index contributed by atoms with van der Waals surface area (Å²) < 4.78 is 18.5. The lowest BCUT2D eigenvalue weighted by molar-refractivity contribution is -0.117. The summed E-state index contributed by atoms with van der Waals surface area (Å²) in [6, 6.07) is 3.94. The first-order valence-electron chi connectivity index (χ1n) is 5.87. The molecule has 1 fully saturated rings. The number of rotatable bonds is 3. The molecule has 0 saturated carbocycles. The first-order chi connectivity index (χ1) is 9.06. The van der Waals surface area contributed by atoms with E-state index in [1.807, 2.05) is 0 Å². The van der Waals surface area contributed by atoms with Crippen LogP contribution >= 0.6 is 0 Å². The second kappa shape index (κ2) is 5.22. The maximum Gasteiger partial charge on any atom is 0.337 e. The maximum atomic E-state index is 14.0. The molecule has 0 spiro atoms. The Balaban J connectivity index is 2.29. The van der Waals surface area contributed by atoms with Gasteiger partial charge in [-0.1, -0.05) is 6.08 Å². The third-order valence-corrected chi connectivity index (χ3v) is 3.15. The topological polar surface area (TPSA) is 46.6 Å². The number of benzene rings is 1. The Hall–Kier alpha value is -2.17. The van der Waals surface area contributed by atoms with Gasteiger partial charge in [0.15, 0.2) is 0 Å². The van der Waals surface area contributed by atoms with Gasteiger partial charge in [0, 0.05) is 18.9 Å². The molecule has 0 radical (unpaired) electrons. The van der Waals surface area contributed by atoms with Crippen molar-refractivity contribution in [3.05, 3.63) is 42.2 Å². The quantitative estimate of drug-likeness (QED) is 0.620. The molecule has 19 heavy (non-hydrogen) atoms. The minimum absolute atomic E-state index is 0.0344. The van der Waals surface area contributed by atoms with Gasteiger partial charge in [0.2, 0.25) is 5.91 Å². The Labute approximate surface area is 110 Å². The van der Waals surface area contributed by atoms with Gasteiger partial charge in [0.05, 0.1) is 18.4 Å². The summed E-state index contributed by atoms with van der Waals surface area (Å²) in [5.74, 6) is -1.33. The van der Waals surface area contributed by atoms with Crippen LogP contribution in [0.2, 0.25) is 0 Å². The first kappa shape index (κ1) is 13.3. The fourth-order valence-electron chi connectivity index (χ4n) is 2.10. The number of esters is 1. The summed E-state index contributed by atoms with van der Waals surface area (Å²) in [6.45, 7) is 4.06. The molecule has 1 atom stereocenters. The summed E-state index contributed by atoms with van der Waals surface area (Å²) in [5, 5.41) is 0. The molecule has 5 heteroatoms. The van der Waals surface area contributed by atoms with Gasteiger partial charge in [-0.25, -0.2) is 9.18 Å². The number of nitrogens with zero attached hydrogens (tertiary/aromatic N) is 1. The average molecular weight is 263 g/mol. The van der Waals surface area contributed by atoms with E-state index in [2.05, 4.69) is 11.3 Å². The van der Waals surface area contributed by atoms with Crippen LogP contribution in [0.4, 0.5) is 10.1 Å². The van der Waals surface area contributed by atoms with Crippen molar-refractivity contribution >= 4 is 17.6 Å². The van der Waals surface area contributed by atoms with Gasteiger partial charge in [0.25, 0.3) is 0 Å². The van der Waals surface area contributed by atoms with Gasteiger partial charge in [-0.3, -0.25) is 4.79 Å². The van der Waals surface area contributed by atoms with Crippen LogP contribution in [0, 0.1) is 11.7 Å². The Bertz CT molecular complexity index is 541. The van der Waals surface area contributed by atoms with Gasteiger partial charge in [0.1, 0.15) is 5.82 Å². The van der Waals surface area contributed by atoms with E-state index in [4.69, 9.17) is 0 Å². The van der Waals surface area contributed by atoms with E-state index in [1.165, 1.54) is 24.1 Å². The normalized spacial score (nSPS) is 18.5. The number of hydrogen-bond acceptors (Lipinski definition) is 3. The van der Waals surface area contributed by atoms with Gasteiger partial charge >= 0.3 is 5.97 Å². The molecule has 0 bridgehead atoms. The number of carbonyl (C=O) groups excluding carboxylic acids is 2. The Kier molecular flexibility index (Phi) is 3.64. The minimum Gasteiger partial charge on any atom is -0.465 e. The van der Waals surface area contributed by atoms with Crippen molar-refractivity contribution < 1.29 is 18.7 Å². The van der Waals surface area contributed by atoms with Crippen molar-refractivity contribution in [3.63, 3.8) is 0 Å². The summed E-state index contributed by atoms with van der Waals surface area (Å²) in [5.41, 5.74) is 0.303. The molecule has 1 saturated heterocycles. The molecule has 1 unspecified atom stereocenters. The van der Waals surface area contributed by atoms with Gasteiger partial charge < -0.3 is 9.64 Å². The van der Waals surface area contributed by atoms with Crippen molar-refractivity contribution in [3.8, 4) is 0 Å². The Morgan fingerprint density at radius 1 is 1.58 bits per heavy atom. The maximum absolute atomic E-state index is 14.0. The molecule has 1 aliphatic rings. The lowest BCUT2D eigenvalue weighted by Gasteiger charge is -2.17. The average Bonchev–Trinajstić information content (AvgIpc) is 2.79. The smallest absolute Gasteiger partial charge is 0.337 e. The van der Waals surface area contributed by atoms with E-state index < -0.39 is 11.8 Å². The molecule has 0 aromatic heterocycles. The molecule has 1 aromatic rings. The van der Waals surface area contributed by atoms with Crippen LogP contribution in [0.25, 0.3) is 0 Å². The molecule has 1 aliphatic heterocycles. The Morgan fingerprint density at radius 3 is 2.84 bits per heavy atom. The zero-order valence-corrected chi connectivity index (χ0v) is 10.6. The SMILES string of the molecule is C=CC1CC(=O)N(c2ccc(C(=O)OC)cc2F)C1. The molecule has 100 valence electrons. The second-order valence-corrected chi connectivity index (χ2v) is 4.36. The molecule has 1 amide bonds. The number of amides is 1. The summed E-state index contributed by atoms with van der Waals surface area (Å²) in [4.78, 5) is 24.4. The van der Waals surface area contributed by atoms with Crippen LogP contribution in [0.5, 0.6) is 0 Å². The molecular weight excluding hydrogens is 249 g/mol. The standard InChI is InChI=1S/C14H14FNO3/c1-3-9-6-13(17)16(8-9)12-5-4-10(7-11(12)15)14(18)19-2/h3-5,7,9H,1,6,8H2,2H3. The number of ether oxygens (including phenoxy) is 1. The third-order valence-electron chi connectivity index (χ3n) is 3.15. The number of hydrogen-bond donors (Lipinski definition) is 0. The van der Waals surface area contributed by atoms with Crippen LogP contribution in [0.3, 0.4) is 0 Å². The van der Waals surface area contributed by atoms with E-state index in [0.29, 0.717) is 13.0 Å². The van der Waals surface area contributed by atoms with Crippen LogP contribution in [-0.2, 0) is 9.53 Å². The monoisotopic (exact) mass is 263 g/mol. The third kappa shape index (κ3) is 2.50. The summed E-state index contributed by atoms with van der Waals surface area (Å²) in [7, 11) is 1.23. The number of anilines is 1. The fraction of sp³-hybridized carbons (Fsp3) is 0.286. The predicted molar refractivity (Wildman–Crippen MR) is 68.4 cm³/mol. The molecule has 0 aliphatic carbocycles. The molecule has 0 N–H and O–H groups in total. The minimum atomic E-state index is -0.610. The number of carbonyl (C=O) groups is 2. The summed E-state index contributed by atoms with van der Waals surface area (Å²) in [6.07, 6.45) is 2.03. The van der Waals surface area contributed by atoms with Gasteiger partial charge in [-0.15, -0.1) is 6.58 Å². The van der Waals surface area contributed by atoms with Crippen molar-refractivity contribution in [2.24, 2.45) is 5.92 Å². The zero-order valence-electron chi connectivity index (χ0n) is 10.6. The highest BCUT2D eigenvalue weighted by Crippen LogP contribution is 2.28. The highest BCUT2D eigenvalue weighted by Gasteiger charge is 2.30. The van der Waals surface area contributed by atoms with Crippen LogP contribution in [-0.4, -0.2) is 25.5 Å². The first-order valence-corrected chi connectivity index (χ1v) is 5.87. The zero-order chi connectivity index (χ0) is 14.0. The van der Waals surface area contributed by atoms with Crippen LogP contribution in [0.1, 0.15) is 16.8 Å². The van der Waals surface area contributed by atoms with Crippen molar-refractivity contribution in [1.29, 1.82) is 0 Å². The fourth-order valence-corrected chi connectivity index (χ4v) is 2.10. The number of halogens is 1. The molecule has 2 rings (SSSR count).